The zero-order valence-electron chi connectivity index (χ0n) is 18.8. The summed E-state index contributed by atoms with van der Waals surface area (Å²) in [6.45, 7) is 5.35. The van der Waals surface area contributed by atoms with E-state index in [0.717, 1.165) is 17.5 Å². The first-order valence-corrected chi connectivity index (χ1v) is 12.2. The molecule has 2 heterocycles. The van der Waals surface area contributed by atoms with Gasteiger partial charge in [-0.25, -0.2) is 8.42 Å². The van der Waals surface area contributed by atoms with Crippen LogP contribution in [0.3, 0.4) is 0 Å². The van der Waals surface area contributed by atoms with Gasteiger partial charge in [0.05, 0.1) is 0 Å². The number of carbonyl (C=O) groups is 1. The quantitative estimate of drug-likeness (QED) is 0.576. The van der Waals surface area contributed by atoms with Crippen LogP contribution in [-0.2, 0) is 19.6 Å². The van der Waals surface area contributed by atoms with Crippen molar-refractivity contribution in [1.82, 2.24) is 14.8 Å². The molecule has 0 saturated carbocycles. The summed E-state index contributed by atoms with van der Waals surface area (Å²) in [6.07, 6.45) is 5.15. The van der Waals surface area contributed by atoms with Crippen molar-refractivity contribution in [1.29, 1.82) is 0 Å². The van der Waals surface area contributed by atoms with Gasteiger partial charge in [0.15, 0.2) is 10.7 Å². The van der Waals surface area contributed by atoms with Gasteiger partial charge in [-0.05, 0) is 44.7 Å². The number of nitrogens with one attached hydrogen (secondary N) is 1. The minimum absolute atomic E-state index is 0.0268. The Hall–Kier alpha value is -2.49. The van der Waals surface area contributed by atoms with E-state index in [1.54, 1.807) is 26.2 Å². The number of amides is 1. The molecule has 2 aromatic rings. The van der Waals surface area contributed by atoms with Crippen molar-refractivity contribution in [2.24, 2.45) is 5.92 Å². The van der Waals surface area contributed by atoms with Gasteiger partial charge in [-0.2, -0.15) is 4.31 Å². The number of methoxy groups -OCH3 is 1. The predicted molar refractivity (Wildman–Crippen MR) is 122 cm³/mol. The molecule has 1 aromatic carbocycles. The fraction of sp³-hybridized carbons (Fsp3) is 0.478. The molecule has 9 heteroatoms. The first-order chi connectivity index (χ1) is 15.3. The molecule has 1 aromatic heterocycles. The van der Waals surface area contributed by atoms with Gasteiger partial charge in [0, 0.05) is 39.3 Å². The Morgan fingerprint density at radius 2 is 1.91 bits per heavy atom. The predicted octanol–water partition coefficient (Wildman–Crippen LogP) is 3.02. The molecular weight excluding hydrogens is 430 g/mol. The number of rotatable bonds is 9. The topological polar surface area (TPSA) is 102 Å². The average Bonchev–Trinajstić information content (AvgIpc) is 3.17. The van der Waals surface area contributed by atoms with Crippen LogP contribution in [0.2, 0.25) is 0 Å². The Morgan fingerprint density at radius 1 is 1.22 bits per heavy atom. The summed E-state index contributed by atoms with van der Waals surface area (Å²) in [5, 5.41) is 6.79. The van der Waals surface area contributed by atoms with Gasteiger partial charge in [-0.3, -0.25) is 4.79 Å². The van der Waals surface area contributed by atoms with Crippen LogP contribution in [0, 0.1) is 19.8 Å². The van der Waals surface area contributed by atoms with Crippen molar-refractivity contribution in [2.45, 2.75) is 38.0 Å². The van der Waals surface area contributed by atoms with Crippen LogP contribution < -0.4 is 5.32 Å². The van der Waals surface area contributed by atoms with E-state index in [2.05, 4.69) is 10.5 Å². The molecule has 0 bridgehead atoms. The fourth-order valence-corrected chi connectivity index (χ4v) is 5.43. The summed E-state index contributed by atoms with van der Waals surface area (Å²) in [6, 6.07) is 7.88. The lowest BCUT2D eigenvalue weighted by Gasteiger charge is -2.30. The van der Waals surface area contributed by atoms with Crippen molar-refractivity contribution in [3.8, 4) is 0 Å². The molecule has 0 aliphatic carbocycles. The number of hydrogen-bond donors (Lipinski definition) is 1. The number of nitrogens with zero attached hydrogens (tertiary/aromatic N) is 2. The molecule has 1 N–H and O–H groups in total. The second kappa shape index (κ2) is 10.9. The van der Waals surface area contributed by atoms with Crippen LogP contribution in [0.1, 0.15) is 41.8 Å². The van der Waals surface area contributed by atoms with Gasteiger partial charge in [-0.15, -0.1) is 0 Å². The van der Waals surface area contributed by atoms with Crippen LogP contribution in [0.15, 0.2) is 33.7 Å². The third-order valence-electron chi connectivity index (χ3n) is 5.58. The lowest BCUT2D eigenvalue weighted by atomic mass is 9.97. The number of aromatic nitrogens is 1. The first kappa shape index (κ1) is 24.2. The van der Waals surface area contributed by atoms with E-state index in [1.165, 1.54) is 4.31 Å². The molecule has 1 fully saturated rings. The highest BCUT2D eigenvalue weighted by atomic mass is 32.2. The molecule has 1 amide bonds. The number of piperidine rings is 1. The molecule has 0 radical (unpaired) electrons. The van der Waals surface area contributed by atoms with Gasteiger partial charge in [0.25, 0.3) is 0 Å². The molecule has 1 aliphatic heterocycles. The second-order valence-electron chi connectivity index (χ2n) is 8.02. The molecule has 174 valence electrons. The first-order valence-electron chi connectivity index (χ1n) is 10.8. The largest absolute Gasteiger partial charge is 0.385 e. The van der Waals surface area contributed by atoms with Crippen LogP contribution in [0.25, 0.3) is 12.2 Å². The Labute approximate surface area is 189 Å². The number of carbonyl (C=O) groups excluding carboxylic acids is 1. The van der Waals surface area contributed by atoms with Crippen molar-refractivity contribution >= 4 is 28.1 Å². The van der Waals surface area contributed by atoms with Crippen LogP contribution >= 0.6 is 0 Å². The van der Waals surface area contributed by atoms with Crippen molar-refractivity contribution in [3.05, 3.63) is 46.8 Å². The van der Waals surface area contributed by atoms with Crippen LogP contribution in [0.4, 0.5) is 0 Å². The maximum Gasteiger partial charge on any atom is 0.248 e. The number of hydrogen-bond acceptors (Lipinski definition) is 6. The van der Waals surface area contributed by atoms with Crippen molar-refractivity contribution in [2.75, 3.05) is 33.4 Å². The molecular formula is C23H31N3O5S. The monoisotopic (exact) mass is 461 g/mol. The van der Waals surface area contributed by atoms with E-state index >= 15 is 0 Å². The smallest absolute Gasteiger partial charge is 0.248 e. The zero-order valence-corrected chi connectivity index (χ0v) is 19.7. The molecule has 0 unspecified atom stereocenters. The lowest BCUT2D eigenvalue weighted by molar-refractivity contribution is -0.126. The number of sulfonamides is 1. The summed E-state index contributed by atoms with van der Waals surface area (Å²) >= 11 is 0. The van der Waals surface area contributed by atoms with E-state index in [9.17, 15) is 13.2 Å². The van der Waals surface area contributed by atoms with Gasteiger partial charge in [0.2, 0.25) is 15.9 Å². The number of ether oxygens (including phenoxy) is 1. The van der Waals surface area contributed by atoms with Crippen LogP contribution in [0.5, 0.6) is 0 Å². The summed E-state index contributed by atoms with van der Waals surface area (Å²) in [7, 11) is -2.16. The molecule has 1 saturated heterocycles. The summed E-state index contributed by atoms with van der Waals surface area (Å²) in [5.41, 5.74) is 2.41. The number of benzene rings is 1. The van der Waals surface area contributed by atoms with E-state index in [0.29, 0.717) is 31.7 Å². The van der Waals surface area contributed by atoms with Gasteiger partial charge >= 0.3 is 0 Å². The lowest BCUT2D eigenvalue weighted by Crippen LogP contribution is -2.43. The molecule has 0 spiro atoms. The summed E-state index contributed by atoms with van der Waals surface area (Å²) < 4.78 is 38.4. The van der Waals surface area contributed by atoms with E-state index in [-0.39, 0.29) is 35.6 Å². The maximum atomic E-state index is 13.3. The van der Waals surface area contributed by atoms with Crippen molar-refractivity contribution in [3.63, 3.8) is 0 Å². The Kier molecular flexibility index (Phi) is 8.22. The van der Waals surface area contributed by atoms with Gasteiger partial charge in [0.1, 0.15) is 5.69 Å². The highest BCUT2D eigenvalue weighted by molar-refractivity contribution is 7.89. The highest BCUT2D eigenvalue weighted by Gasteiger charge is 2.35. The minimum atomic E-state index is -3.79. The Bertz CT molecular complexity index is 1040. The molecule has 32 heavy (non-hydrogen) atoms. The molecule has 3 rings (SSSR count). The third kappa shape index (κ3) is 5.85. The third-order valence-corrected chi connectivity index (χ3v) is 7.64. The second-order valence-corrected chi connectivity index (χ2v) is 9.90. The van der Waals surface area contributed by atoms with Crippen molar-refractivity contribution < 1.29 is 22.5 Å². The number of aryl methyl sites for hydroxylation is 2. The summed E-state index contributed by atoms with van der Waals surface area (Å²) in [5.74, 6) is -0.00409. The van der Waals surface area contributed by atoms with E-state index < -0.39 is 10.0 Å². The standard InChI is InChI=1S/C23H31N3O5S/c1-17-5-7-19(8-6-17)9-10-21-22(18(2)25-31-21)32(28,29)26-14-11-20(12-15-26)23(27)24-13-4-16-30-3/h5-10,20H,4,11-16H2,1-3H3,(H,24,27). The highest BCUT2D eigenvalue weighted by Crippen LogP contribution is 2.29. The summed E-state index contributed by atoms with van der Waals surface area (Å²) in [4.78, 5) is 12.4. The molecule has 1 aliphatic rings. The van der Waals surface area contributed by atoms with Crippen LogP contribution in [-0.4, -0.2) is 57.1 Å². The molecule has 8 nitrogen and oxygen atoms in total. The zero-order chi connectivity index (χ0) is 23.1. The SMILES string of the molecule is COCCCNC(=O)C1CCN(S(=O)(=O)c2c(C)noc2C=Cc2ccc(C)cc2)CC1. The van der Waals surface area contributed by atoms with E-state index in [4.69, 9.17) is 9.26 Å². The minimum Gasteiger partial charge on any atom is -0.385 e. The Balaban J connectivity index is 1.67. The van der Waals surface area contributed by atoms with Gasteiger partial charge < -0.3 is 14.6 Å². The Morgan fingerprint density at radius 3 is 2.56 bits per heavy atom. The normalized spacial score (nSPS) is 16.0. The maximum absolute atomic E-state index is 13.3. The fourth-order valence-electron chi connectivity index (χ4n) is 3.71. The molecule has 0 atom stereocenters. The van der Waals surface area contributed by atoms with E-state index in [1.807, 2.05) is 31.2 Å². The average molecular weight is 462 g/mol. The van der Waals surface area contributed by atoms with Gasteiger partial charge in [-0.1, -0.05) is 41.1 Å².